The van der Waals surface area contributed by atoms with Crippen LogP contribution in [0, 0.1) is 13.8 Å². The van der Waals surface area contributed by atoms with Crippen LogP contribution < -0.4 is 0 Å². The number of fused-ring (bicyclic) bond motifs is 3. The maximum absolute atomic E-state index is 11.7. The van der Waals surface area contributed by atoms with Crippen molar-refractivity contribution in [2.45, 2.75) is 26.7 Å². The van der Waals surface area contributed by atoms with Crippen LogP contribution in [0.5, 0.6) is 0 Å². The minimum atomic E-state index is 0.243. The van der Waals surface area contributed by atoms with Gasteiger partial charge in [0.25, 0.3) is 0 Å². The number of aryl methyl sites for hydroxylation is 2. The summed E-state index contributed by atoms with van der Waals surface area (Å²) in [5.74, 6) is 0.243. The fraction of sp³-hybridized carbons (Fsp3) is 0.308. The van der Waals surface area contributed by atoms with Crippen molar-refractivity contribution in [1.82, 2.24) is 4.57 Å². The fourth-order valence-corrected chi connectivity index (χ4v) is 2.54. The summed E-state index contributed by atoms with van der Waals surface area (Å²) < 4.78 is 1.89. The van der Waals surface area contributed by atoms with Gasteiger partial charge in [0.1, 0.15) is 0 Å². The van der Waals surface area contributed by atoms with Crippen molar-refractivity contribution >= 4 is 16.8 Å². The highest BCUT2D eigenvalue weighted by Gasteiger charge is 2.24. The molecule has 1 aromatic heterocycles. The number of aromatic nitrogens is 1. The van der Waals surface area contributed by atoms with Crippen molar-refractivity contribution in [3.05, 3.63) is 35.0 Å². The van der Waals surface area contributed by atoms with E-state index in [0.717, 1.165) is 11.9 Å². The van der Waals surface area contributed by atoms with Gasteiger partial charge in [-0.25, -0.2) is 0 Å². The number of carbonyl (C=O) groups is 1. The largest absolute Gasteiger partial charge is 0.284 e. The topological polar surface area (TPSA) is 22.0 Å². The third kappa shape index (κ3) is 1.02. The van der Waals surface area contributed by atoms with Crippen molar-refractivity contribution < 1.29 is 4.79 Å². The number of benzene rings is 1. The number of carbonyl (C=O) groups excluding carboxylic acids is 1. The van der Waals surface area contributed by atoms with E-state index in [1.54, 1.807) is 0 Å². The Labute approximate surface area is 88.5 Å². The van der Waals surface area contributed by atoms with E-state index >= 15 is 0 Å². The number of hydrogen-bond donors (Lipinski definition) is 0. The molecule has 0 fully saturated rings. The Morgan fingerprint density at radius 2 is 2.00 bits per heavy atom. The molecule has 0 amide bonds. The third-order valence-corrected chi connectivity index (χ3v) is 3.32. The van der Waals surface area contributed by atoms with Crippen LogP contribution in [0.25, 0.3) is 10.9 Å². The molecule has 0 N–H and O–H groups in total. The molecule has 0 spiro atoms. The lowest BCUT2D eigenvalue weighted by atomic mass is 10.1. The zero-order valence-electron chi connectivity index (χ0n) is 9.00. The number of hydrogen-bond acceptors (Lipinski definition) is 1. The van der Waals surface area contributed by atoms with E-state index in [9.17, 15) is 4.79 Å². The summed E-state index contributed by atoms with van der Waals surface area (Å²) in [4.78, 5) is 11.7. The molecule has 2 nitrogen and oxygen atoms in total. The molecule has 2 aromatic rings. The standard InChI is InChI=1S/C13H13NO/c1-8-3-4-12-10(7-8)9(2)11-5-6-13(15)14(11)12/h3-4,7H,5-6H2,1-2H3. The van der Waals surface area contributed by atoms with E-state index in [1.165, 1.54) is 22.2 Å². The van der Waals surface area contributed by atoms with Gasteiger partial charge < -0.3 is 0 Å². The van der Waals surface area contributed by atoms with E-state index in [0.29, 0.717) is 6.42 Å². The summed E-state index contributed by atoms with van der Waals surface area (Å²) in [6.45, 7) is 4.20. The summed E-state index contributed by atoms with van der Waals surface area (Å²) in [6.07, 6.45) is 1.57. The molecule has 0 atom stereocenters. The van der Waals surface area contributed by atoms with Crippen molar-refractivity contribution in [2.24, 2.45) is 0 Å². The van der Waals surface area contributed by atoms with Crippen molar-refractivity contribution in [2.75, 3.05) is 0 Å². The lowest BCUT2D eigenvalue weighted by Crippen LogP contribution is -2.02. The van der Waals surface area contributed by atoms with Gasteiger partial charge in [-0.2, -0.15) is 0 Å². The van der Waals surface area contributed by atoms with Gasteiger partial charge in [-0.15, -0.1) is 0 Å². The summed E-state index contributed by atoms with van der Waals surface area (Å²) in [5.41, 5.74) is 4.82. The molecular weight excluding hydrogens is 186 g/mol. The Morgan fingerprint density at radius 3 is 2.80 bits per heavy atom. The van der Waals surface area contributed by atoms with Crippen LogP contribution in [0.15, 0.2) is 18.2 Å². The van der Waals surface area contributed by atoms with Gasteiger partial charge >= 0.3 is 0 Å². The van der Waals surface area contributed by atoms with Gasteiger partial charge in [0.2, 0.25) is 5.91 Å². The average Bonchev–Trinajstić information content (AvgIpc) is 2.70. The molecule has 2 heterocycles. The highest BCUT2D eigenvalue weighted by Crippen LogP contribution is 2.31. The summed E-state index contributed by atoms with van der Waals surface area (Å²) in [7, 11) is 0. The first-order chi connectivity index (χ1) is 7.18. The summed E-state index contributed by atoms with van der Waals surface area (Å²) in [5, 5.41) is 1.23. The molecule has 3 rings (SSSR count). The van der Waals surface area contributed by atoms with Crippen LogP contribution in [0.3, 0.4) is 0 Å². The van der Waals surface area contributed by atoms with E-state index in [1.807, 2.05) is 4.57 Å². The second-order valence-electron chi connectivity index (χ2n) is 4.32. The SMILES string of the molecule is Cc1ccc2c(c1)c(C)c1n2C(=O)CC1. The van der Waals surface area contributed by atoms with Crippen molar-refractivity contribution in [3.8, 4) is 0 Å². The smallest absolute Gasteiger partial charge is 0.231 e. The maximum Gasteiger partial charge on any atom is 0.231 e. The number of nitrogens with zero attached hydrogens (tertiary/aromatic N) is 1. The molecule has 0 aliphatic carbocycles. The van der Waals surface area contributed by atoms with Crippen LogP contribution in [0.4, 0.5) is 0 Å². The van der Waals surface area contributed by atoms with Crippen molar-refractivity contribution in [1.29, 1.82) is 0 Å². The Morgan fingerprint density at radius 1 is 1.20 bits per heavy atom. The summed E-state index contributed by atoms with van der Waals surface area (Å²) >= 11 is 0. The van der Waals surface area contributed by atoms with Gasteiger partial charge in [0.05, 0.1) is 5.52 Å². The second kappa shape index (κ2) is 2.72. The molecule has 1 aliphatic rings. The molecule has 2 heteroatoms. The monoisotopic (exact) mass is 199 g/mol. The average molecular weight is 199 g/mol. The van der Waals surface area contributed by atoms with Crippen LogP contribution in [0.2, 0.25) is 0 Å². The molecule has 76 valence electrons. The summed E-state index contributed by atoms with van der Waals surface area (Å²) in [6, 6.07) is 6.30. The molecule has 15 heavy (non-hydrogen) atoms. The first-order valence-electron chi connectivity index (χ1n) is 5.32. The Kier molecular flexibility index (Phi) is 1.58. The van der Waals surface area contributed by atoms with Gasteiger partial charge in [-0.05, 0) is 38.0 Å². The Bertz CT molecular complexity index is 578. The second-order valence-corrected chi connectivity index (χ2v) is 4.32. The zero-order valence-corrected chi connectivity index (χ0v) is 9.00. The molecule has 0 saturated carbocycles. The molecule has 0 radical (unpaired) electrons. The quantitative estimate of drug-likeness (QED) is 0.639. The molecule has 0 bridgehead atoms. The van der Waals surface area contributed by atoms with E-state index < -0.39 is 0 Å². The van der Waals surface area contributed by atoms with Gasteiger partial charge in [-0.3, -0.25) is 9.36 Å². The molecule has 1 aliphatic heterocycles. The van der Waals surface area contributed by atoms with Gasteiger partial charge in [0, 0.05) is 17.5 Å². The van der Waals surface area contributed by atoms with Crippen LogP contribution in [0.1, 0.15) is 28.0 Å². The lowest BCUT2D eigenvalue weighted by molar-refractivity contribution is 0.0928. The molecule has 0 unspecified atom stereocenters. The van der Waals surface area contributed by atoms with Crippen LogP contribution >= 0.6 is 0 Å². The number of rotatable bonds is 0. The van der Waals surface area contributed by atoms with E-state index in [4.69, 9.17) is 0 Å². The highest BCUT2D eigenvalue weighted by atomic mass is 16.2. The Hall–Kier alpha value is -1.57. The highest BCUT2D eigenvalue weighted by molar-refractivity contribution is 5.98. The molecule has 1 aromatic carbocycles. The fourth-order valence-electron chi connectivity index (χ4n) is 2.54. The Balaban J connectivity index is 2.48. The molecule has 0 saturated heterocycles. The van der Waals surface area contributed by atoms with Crippen LogP contribution in [-0.2, 0) is 6.42 Å². The van der Waals surface area contributed by atoms with E-state index in [2.05, 4.69) is 32.0 Å². The zero-order chi connectivity index (χ0) is 10.6. The van der Waals surface area contributed by atoms with Gasteiger partial charge in [0.15, 0.2) is 0 Å². The predicted octanol–water partition coefficient (Wildman–Crippen LogP) is 2.84. The lowest BCUT2D eigenvalue weighted by Gasteiger charge is -1.98. The first kappa shape index (κ1) is 8.72. The van der Waals surface area contributed by atoms with Crippen LogP contribution in [-0.4, -0.2) is 10.5 Å². The third-order valence-electron chi connectivity index (χ3n) is 3.32. The minimum absolute atomic E-state index is 0.243. The van der Waals surface area contributed by atoms with E-state index in [-0.39, 0.29) is 5.91 Å². The normalized spacial score (nSPS) is 14.9. The maximum atomic E-state index is 11.7. The first-order valence-corrected chi connectivity index (χ1v) is 5.32. The van der Waals surface area contributed by atoms with Gasteiger partial charge in [-0.1, -0.05) is 11.6 Å². The van der Waals surface area contributed by atoms with Crippen molar-refractivity contribution in [3.63, 3.8) is 0 Å². The predicted molar refractivity (Wildman–Crippen MR) is 60.4 cm³/mol. The minimum Gasteiger partial charge on any atom is -0.284 e. The molecular formula is C13H13NO.